The molecule has 2 rings (SSSR count). The number of hydrogen-bond acceptors (Lipinski definition) is 5. The van der Waals surface area contributed by atoms with Gasteiger partial charge in [0, 0.05) is 24.8 Å². The maximum Gasteiger partial charge on any atom is 0.243 e. The molecule has 1 fully saturated rings. The molecule has 1 unspecified atom stereocenters. The van der Waals surface area contributed by atoms with Crippen LogP contribution in [0.1, 0.15) is 27.7 Å². The van der Waals surface area contributed by atoms with Gasteiger partial charge in [-0.15, -0.1) is 0 Å². The van der Waals surface area contributed by atoms with Crippen molar-refractivity contribution in [3.05, 3.63) is 24.3 Å². The van der Waals surface area contributed by atoms with Gasteiger partial charge >= 0.3 is 0 Å². The molecule has 0 radical (unpaired) electrons. The quantitative estimate of drug-likeness (QED) is 0.794. The van der Waals surface area contributed by atoms with E-state index >= 15 is 0 Å². The van der Waals surface area contributed by atoms with Gasteiger partial charge in [-0.1, -0.05) is 26.8 Å². The second-order valence-corrected chi connectivity index (χ2v) is 9.99. The van der Waals surface area contributed by atoms with E-state index in [1.165, 1.54) is 10.4 Å². The fourth-order valence-electron chi connectivity index (χ4n) is 2.90. The number of likely N-dealkylation sites (N-methyl/N-ethyl adjacent to an activating group) is 1. The van der Waals surface area contributed by atoms with E-state index in [1.807, 2.05) is 11.9 Å². The van der Waals surface area contributed by atoms with Crippen LogP contribution in [0.25, 0.3) is 0 Å². The minimum absolute atomic E-state index is 0.0567. The zero-order chi connectivity index (χ0) is 20.2. The van der Waals surface area contributed by atoms with Gasteiger partial charge in [-0.05, 0) is 37.6 Å². The fourth-order valence-corrected chi connectivity index (χ4v) is 4.35. The standard InChI is InChI=1S/C19H31N3O4S/c1-15(19(2,3)4)21(5)14-18(23)20-16-7-6-8-17(13-16)27(24,25)22-9-11-26-12-10-22/h6-8,13,15H,9-12,14H2,1-5H3,(H,20,23). The Kier molecular flexibility index (Phi) is 7.02. The number of nitrogens with zero attached hydrogens (tertiary/aromatic N) is 2. The molecule has 0 spiro atoms. The number of rotatable bonds is 6. The first-order valence-electron chi connectivity index (χ1n) is 9.20. The Balaban J connectivity index is 2.06. The number of benzene rings is 1. The first kappa shape index (κ1) is 21.8. The van der Waals surface area contributed by atoms with Crippen molar-refractivity contribution < 1.29 is 17.9 Å². The molecule has 152 valence electrons. The second kappa shape index (κ2) is 8.68. The topological polar surface area (TPSA) is 79.0 Å². The highest BCUT2D eigenvalue weighted by Crippen LogP contribution is 2.23. The average molecular weight is 398 g/mol. The van der Waals surface area contributed by atoms with Crippen molar-refractivity contribution in [2.75, 3.05) is 45.2 Å². The molecule has 0 aliphatic carbocycles. The van der Waals surface area contributed by atoms with E-state index in [0.717, 1.165) is 0 Å². The van der Waals surface area contributed by atoms with Crippen LogP contribution in [0, 0.1) is 5.41 Å². The summed E-state index contributed by atoms with van der Waals surface area (Å²) in [6, 6.07) is 6.62. The maximum absolute atomic E-state index is 12.8. The van der Waals surface area contributed by atoms with E-state index in [0.29, 0.717) is 32.0 Å². The van der Waals surface area contributed by atoms with Crippen molar-refractivity contribution in [1.82, 2.24) is 9.21 Å². The van der Waals surface area contributed by atoms with Crippen molar-refractivity contribution in [1.29, 1.82) is 0 Å². The van der Waals surface area contributed by atoms with Gasteiger partial charge in [0.15, 0.2) is 0 Å². The Morgan fingerprint density at radius 3 is 2.52 bits per heavy atom. The van der Waals surface area contributed by atoms with E-state index in [1.54, 1.807) is 18.2 Å². The van der Waals surface area contributed by atoms with E-state index in [4.69, 9.17) is 4.74 Å². The Bertz CT molecular complexity index is 752. The summed E-state index contributed by atoms with van der Waals surface area (Å²) in [6.45, 7) is 10.2. The molecule has 27 heavy (non-hydrogen) atoms. The molecular weight excluding hydrogens is 366 g/mol. The normalized spacial score (nSPS) is 17.7. The van der Waals surface area contributed by atoms with Crippen LogP contribution in [0.3, 0.4) is 0 Å². The van der Waals surface area contributed by atoms with Crippen molar-refractivity contribution >= 4 is 21.6 Å². The van der Waals surface area contributed by atoms with Crippen LogP contribution in [0.4, 0.5) is 5.69 Å². The van der Waals surface area contributed by atoms with E-state index in [2.05, 4.69) is 33.0 Å². The molecule has 1 aliphatic heterocycles. The molecule has 0 aromatic heterocycles. The van der Waals surface area contributed by atoms with Gasteiger partial charge in [-0.25, -0.2) is 8.42 Å². The number of amides is 1. The predicted molar refractivity (Wildman–Crippen MR) is 106 cm³/mol. The van der Waals surface area contributed by atoms with Crippen LogP contribution in [0.2, 0.25) is 0 Å². The molecule has 1 aromatic carbocycles. The molecule has 1 heterocycles. The predicted octanol–water partition coefficient (Wildman–Crippen LogP) is 2.01. The Morgan fingerprint density at radius 1 is 1.30 bits per heavy atom. The highest BCUT2D eigenvalue weighted by molar-refractivity contribution is 7.89. The van der Waals surface area contributed by atoms with Crippen LogP contribution in [0.15, 0.2) is 29.2 Å². The molecule has 0 saturated carbocycles. The lowest BCUT2D eigenvalue weighted by atomic mass is 9.87. The van der Waals surface area contributed by atoms with Crippen molar-refractivity contribution in [3.8, 4) is 0 Å². The first-order chi connectivity index (χ1) is 12.5. The van der Waals surface area contributed by atoms with Crippen molar-refractivity contribution in [2.24, 2.45) is 5.41 Å². The molecule has 1 aromatic rings. The van der Waals surface area contributed by atoms with E-state index in [-0.39, 0.29) is 28.8 Å². The summed E-state index contributed by atoms with van der Waals surface area (Å²) in [5, 5.41) is 2.81. The number of anilines is 1. The molecule has 8 heteroatoms. The Hall–Kier alpha value is -1.48. The first-order valence-corrected chi connectivity index (χ1v) is 10.6. The highest BCUT2D eigenvalue weighted by atomic mass is 32.2. The molecule has 1 aliphatic rings. The summed E-state index contributed by atoms with van der Waals surface area (Å²) >= 11 is 0. The highest BCUT2D eigenvalue weighted by Gasteiger charge is 2.27. The maximum atomic E-state index is 12.8. The number of hydrogen-bond donors (Lipinski definition) is 1. The summed E-state index contributed by atoms with van der Waals surface area (Å²) in [7, 11) is -1.67. The number of carbonyl (C=O) groups is 1. The molecule has 1 atom stereocenters. The number of ether oxygens (including phenoxy) is 1. The minimum atomic E-state index is -3.58. The van der Waals surface area contributed by atoms with Gasteiger partial charge in [0.1, 0.15) is 0 Å². The third-order valence-electron chi connectivity index (χ3n) is 5.03. The van der Waals surface area contributed by atoms with E-state index in [9.17, 15) is 13.2 Å². The van der Waals surface area contributed by atoms with Gasteiger partial charge in [0.05, 0.1) is 24.7 Å². The summed E-state index contributed by atoms with van der Waals surface area (Å²) in [5.74, 6) is -0.172. The lowest BCUT2D eigenvalue weighted by molar-refractivity contribution is -0.117. The van der Waals surface area contributed by atoms with Crippen LogP contribution < -0.4 is 5.32 Å². The molecule has 0 bridgehead atoms. The van der Waals surface area contributed by atoms with Gasteiger partial charge < -0.3 is 10.1 Å². The van der Waals surface area contributed by atoms with Gasteiger partial charge in [0.25, 0.3) is 0 Å². The van der Waals surface area contributed by atoms with E-state index < -0.39 is 10.0 Å². The molecule has 1 N–H and O–H groups in total. The number of morpholine rings is 1. The SMILES string of the molecule is CC(N(C)CC(=O)Nc1cccc(S(=O)(=O)N2CCOCC2)c1)C(C)(C)C. The Morgan fingerprint density at radius 2 is 1.93 bits per heavy atom. The summed E-state index contributed by atoms with van der Waals surface area (Å²) in [5.41, 5.74) is 0.535. The van der Waals surface area contributed by atoms with Gasteiger partial charge in [-0.2, -0.15) is 4.31 Å². The third-order valence-corrected chi connectivity index (χ3v) is 6.93. The second-order valence-electron chi connectivity index (χ2n) is 8.05. The minimum Gasteiger partial charge on any atom is -0.379 e. The number of carbonyl (C=O) groups excluding carboxylic acids is 1. The number of nitrogens with one attached hydrogen (secondary N) is 1. The van der Waals surface area contributed by atoms with Crippen LogP contribution >= 0.6 is 0 Å². The third kappa shape index (κ3) is 5.75. The van der Waals surface area contributed by atoms with Crippen LogP contribution in [-0.2, 0) is 19.6 Å². The Labute approximate surface area is 162 Å². The zero-order valence-electron chi connectivity index (χ0n) is 16.9. The number of sulfonamides is 1. The molecular formula is C19H31N3O4S. The lowest BCUT2D eigenvalue weighted by Gasteiger charge is -2.34. The summed E-state index contributed by atoms with van der Waals surface area (Å²) in [6.07, 6.45) is 0. The van der Waals surface area contributed by atoms with Crippen molar-refractivity contribution in [2.45, 2.75) is 38.6 Å². The van der Waals surface area contributed by atoms with Gasteiger partial charge in [0.2, 0.25) is 15.9 Å². The zero-order valence-corrected chi connectivity index (χ0v) is 17.7. The largest absolute Gasteiger partial charge is 0.379 e. The molecule has 1 amide bonds. The van der Waals surface area contributed by atoms with Crippen molar-refractivity contribution in [3.63, 3.8) is 0 Å². The monoisotopic (exact) mass is 397 g/mol. The fraction of sp³-hybridized carbons (Fsp3) is 0.632. The van der Waals surface area contributed by atoms with Crippen LogP contribution in [-0.4, -0.2) is 69.5 Å². The average Bonchev–Trinajstić information content (AvgIpc) is 2.61. The van der Waals surface area contributed by atoms with Gasteiger partial charge in [-0.3, -0.25) is 9.69 Å². The smallest absolute Gasteiger partial charge is 0.243 e. The molecule has 7 nitrogen and oxygen atoms in total. The van der Waals surface area contributed by atoms with Crippen LogP contribution in [0.5, 0.6) is 0 Å². The molecule has 1 saturated heterocycles. The summed E-state index contributed by atoms with van der Waals surface area (Å²) < 4.78 is 32.1. The summed E-state index contributed by atoms with van der Waals surface area (Å²) in [4.78, 5) is 14.6. The lowest BCUT2D eigenvalue weighted by Crippen LogP contribution is -2.43.